The molecular weight excluding hydrogens is 332 g/mol. The van der Waals surface area contributed by atoms with E-state index in [0.29, 0.717) is 29.4 Å². The maximum atomic E-state index is 11.9. The van der Waals surface area contributed by atoms with Gasteiger partial charge in [0.2, 0.25) is 5.88 Å². The summed E-state index contributed by atoms with van der Waals surface area (Å²) in [6, 6.07) is 5.70. The summed E-state index contributed by atoms with van der Waals surface area (Å²) < 4.78 is 11.2. The highest BCUT2D eigenvalue weighted by Gasteiger charge is 2.25. The first-order chi connectivity index (χ1) is 12.5. The zero-order valence-corrected chi connectivity index (χ0v) is 14.8. The van der Waals surface area contributed by atoms with Gasteiger partial charge < -0.3 is 14.2 Å². The van der Waals surface area contributed by atoms with E-state index in [0.717, 1.165) is 22.4 Å². The summed E-state index contributed by atoms with van der Waals surface area (Å²) in [4.78, 5) is 22.1. The molecule has 4 heterocycles. The standard InChI is InChI=1S/C19H18N4O3/c1-11-4-5-13(7-20-11)18-16(12(2)26-22-18)10-25-17-6-14-9-23(3)19(24)15(14)8-21-17/h4-8H,9-10H2,1-3H3. The number of hydrogen-bond acceptors (Lipinski definition) is 6. The Labute approximate surface area is 150 Å². The molecule has 0 aliphatic carbocycles. The summed E-state index contributed by atoms with van der Waals surface area (Å²) in [5, 5.41) is 4.14. The molecule has 0 bridgehead atoms. The monoisotopic (exact) mass is 350 g/mol. The Morgan fingerprint density at radius 2 is 2.08 bits per heavy atom. The average Bonchev–Trinajstić information content (AvgIpc) is 3.13. The van der Waals surface area contributed by atoms with Gasteiger partial charge in [0.25, 0.3) is 5.91 Å². The topological polar surface area (TPSA) is 81.3 Å². The third kappa shape index (κ3) is 2.81. The molecule has 7 nitrogen and oxygen atoms in total. The molecule has 3 aromatic heterocycles. The normalized spacial score (nSPS) is 13.2. The van der Waals surface area contributed by atoms with Crippen LogP contribution in [-0.2, 0) is 13.2 Å². The molecule has 0 fully saturated rings. The van der Waals surface area contributed by atoms with Gasteiger partial charge in [-0.15, -0.1) is 0 Å². The zero-order valence-electron chi connectivity index (χ0n) is 14.8. The molecule has 0 saturated heterocycles. The van der Waals surface area contributed by atoms with Crippen LogP contribution in [0.25, 0.3) is 11.3 Å². The quantitative estimate of drug-likeness (QED) is 0.720. The van der Waals surface area contributed by atoms with Gasteiger partial charge in [0, 0.05) is 43.3 Å². The molecule has 1 aliphatic rings. The second kappa shape index (κ2) is 6.25. The molecule has 0 atom stereocenters. The first kappa shape index (κ1) is 16.3. The number of carbonyl (C=O) groups is 1. The summed E-state index contributed by atoms with van der Waals surface area (Å²) in [6.07, 6.45) is 3.34. The number of aryl methyl sites for hydroxylation is 2. The van der Waals surface area contributed by atoms with E-state index < -0.39 is 0 Å². The Morgan fingerprint density at radius 3 is 2.85 bits per heavy atom. The molecule has 4 rings (SSSR count). The fourth-order valence-corrected chi connectivity index (χ4v) is 2.95. The number of nitrogens with zero attached hydrogens (tertiary/aromatic N) is 4. The molecule has 1 amide bonds. The molecule has 3 aromatic rings. The van der Waals surface area contributed by atoms with Crippen molar-refractivity contribution in [3.63, 3.8) is 0 Å². The highest BCUT2D eigenvalue weighted by Crippen LogP contribution is 2.27. The van der Waals surface area contributed by atoms with E-state index >= 15 is 0 Å². The molecule has 0 saturated carbocycles. The Kier molecular flexibility index (Phi) is 3.91. The summed E-state index contributed by atoms with van der Waals surface area (Å²) in [7, 11) is 1.77. The minimum atomic E-state index is -0.0110. The lowest BCUT2D eigenvalue weighted by atomic mass is 10.1. The van der Waals surface area contributed by atoms with Crippen LogP contribution in [0, 0.1) is 13.8 Å². The molecular formula is C19H18N4O3. The maximum absolute atomic E-state index is 11.9. The third-order valence-electron chi connectivity index (χ3n) is 4.48. The largest absolute Gasteiger partial charge is 0.473 e. The molecule has 0 unspecified atom stereocenters. The van der Waals surface area contributed by atoms with Gasteiger partial charge in [-0.25, -0.2) is 4.98 Å². The summed E-state index contributed by atoms with van der Waals surface area (Å²) in [6.45, 7) is 4.62. The highest BCUT2D eigenvalue weighted by molar-refractivity contribution is 5.97. The van der Waals surface area contributed by atoms with Crippen molar-refractivity contribution < 1.29 is 14.1 Å². The van der Waals surface area contributed by atoms with Crippen LogP contribution in [0.4, 0.5) is 0 Å². The van der Waals surface area contributed by atoms with E-state index in [1.807, 2.05) is 32.0 Å². The summed E-state index contributed by atoms with van der Waals surface area (Å²) in [5.41, 5.74) is 4.94. The van der Waals surface area contributed by atoms with Gasteiger partial charge in [0.05, 0.1) is 11.1 Å². The molecule has 7 heteroatoms. The molecule has 0 N–H and O–H groups in total. The SMILES string of the molecule is Cc1ccc(-c2noc(C)c2COc2cc3c(cn2)C(=O)N(C)C3)cn1. The van der Waals surface area contributed by atoms with E-state index in [4.69, 9.17) is 9.26 Å². The lowest BCUT2D eigenvalue weighted by molar-refractivity contribution is 0.0816. The minimum Gasteiger partial charge on any atom is -0.473 e. The number of amides is 1. The van der Waals surface area contributed by atoms with Gasteiger partial charge in [-0.1, -0.05) is 5.16 Å². The lowest BCUT2D eigenvalue weighted by Crippen LogP contribution is -2.17. The number of aromatic nitrogens is 3. The van der Waals surface area contributed by atoms with Crippen molar-refractivity contribution in [2.75, 3.05) is 7.05 Å². The van der Waals surface area contributed by atoms with Gasteiger partial charge in [0.15, 0.2) is 0 Å². The van der Waals surface area contributed by atoms with E-state index in [-0.39, 0.29) is 12.5 Å². The van der Waals surface area contributed by atoms with Crippen LogP contribution in [0.5, 0.6) is 5.88 Å². The second-order valence-corrected chi connectivity index (χ2v) is 6.38. The fourth-order valence-electron chi connectivity index (χ4n) is 2.95. The van der Waals surface area contributed by atoms with E-state index in [2.05, 4.69) is 15.1 Å². The van der Waals surface area contributed by atoms with Crippen molar-refractivity contribution in [2.45, 2.75) is 27.0 Å². The second-order valence-electron chi connectivity index (χ2n) is 6.38. The summed E-state index contributed by atoms with van der Waals surface area (Å²) >= 11 is 0. The van der Waals surface area contributed by atoms with Crippen LogP contribution < -0.4 is 4.74 Å². The molecule has 1 aliphatic heterocycles. The van der Waals surface area contributed by atoms with Crippen molar-refractivity contribution in [3.05, 3.63) is 58.7 Å². The molecule has 0 spiro atoms. The van der Waals surface area contributed by atoms with Crippen molar-refractivity contribution in [1.29, 1.82) is 0 Å². The van der Waals surface area contributed by atoms with Gasteiger partial charge in [-0.3, -0.25) is 9.78 Å². The third-order valence-corrected chi connectivity index (χ3v) is 4.48. The Balaban J connectivity index is 1.56. The molecule has 26 heavy (non-hydrogen) atoms. The number of hydrogen-bond donors (Lipinski definition) is 0. The predicted octanol–water partition coefficient (Wildman–Crippen LogP) is 2.91. The average molecular weight is 350 g/mol. The van der Waals surface area contributed by atoms with Crippen molar-refractivity contribution in [1.82, 2.24) is 20.0 Å². The van der Waals surface area contributed by atoms with E-state index in [1.54, 1.807) is 24.3 Å². The van der Waals surface area contributed by atoms with Crippen molar-refractivity contribution in [3.8, 4) is 17.1 Å². The van der Waals surface area contributed by atoms with Crippen LogP contribution in [0.2, 0.25) is 0 Å². The van der Waals surface area contributed by atoms with Gasteiger partial charge >= 0.3 is 0 Å². The number of fused-ring (bicyclic) bond motifs is 1. The van der Waals surface area contributed by atoms with E-state index in [9.17, 15) is 4.79 Å². The van der Waals surface area contributed by atoms with Gasteiger partial charge in [-0.05, 0) is 31.5 Å². The van der Waals surface area contributed by atoms with E-state index in [1.165, 1.54) is 0 Å². The fraction of sp³-hybridized carbons (Fsp3) is 0.263. The van der Waals surface area contributed by atoms with Crippen LogP contribution >= 0.6 is 0 Å². The molecule has 0 aromatic carbocycles. The number of rotatable bonds is 4. The highest BCUT2D eigenvalue weighted by atomic mass is 16.5. The maximum Gasteiger partial charge on any atom is 0.255 e. The van der Waals surface area contributed by atoms with Crippen LogP contribution in [0.1, 0.15) is 32.9 Å². The first-order valence-corrected chi connectivity index (χ1v) is 8.28. The molecule has 0 radical (unpaired) electrons. The number of carbonyl (C=O) groups excluding carboxylic acids is 1. The van der Waals surface area contributed by atoms with Crippen LogP contribution in [0.15, 0.2) is 35.1 Å². The van der Waals surface area contributed by atoms with Crippen LogP contribution in [-0.4, -0.2) is 33.0 Å². The smallest absolute Gasteiger partial charge is 0.255 e. The predicted molar refractivity (Wildman–Crippen MR) is 93.6 cm³/mol. The Morgan fingerprint density at radius 1 is 1.23 bits per heavy atom. The van der Waals surface area contributed by atoms with Crippen molar-refractivity contribution in [2.24, 2.45) is 0 Å². The van der Waals surface area contributed by atoms with Crippen molar-refractivity contribution >= 4 is 5.91 Å². The van der Waals surface area contributed by atoms with Crippen LogP contribution in [0.3, 0.4) is 0 Å². The van der Waals surface area contributed by atoms with Gasteiger partial charge in [-0.2, -0.15) is 0 Å². The summed E-state index contributed by atoms with van der Waals surface area (Å²) in [5.74, 6) is 1.15. The lowest BCUT2D eigenvalue weighted by Gasteiger charge is -2.07. The Hall–Kier alpha value is -3.22. The molecule has 132 valence electrons. The Bertz CT molecular complexity index is 979. The van der Waals surface area contributed by atoms with Gasteiger partial charge in [0.1, 0.15) is 18.1 Å². The zero-order chi connectivity index (χ0) is 18.3. The minimum absolute atomic E-state index is 0.0110. The first-order valence-electron chi connectivity index (χ1n) is 8.28. The number of pyridine rings is 2. The number of ether oxygens (including phenoxy) is 1.